The third kappa shape index (κ3) is 2.91. The minimum Gasteiger partial charge on any atom is -0.224 e. The van der Waals surface area contributed by atoms with Gasteiger partial charge in [-0.15, -0.1) is 11.3 Å². The van der Waals surface area contributed by atoms with Crippen LogP contribution < -0.4 is 5.01 Å². The van der Waals surface area contributed by atoms with Gasteiger partial charge >= 0.3 is 0 Å². The summed E-state index contributed by atoms with van der Waals surface area (Å²) in [5.74, 6) is -0.986. The molecule has 3 nitrogen and oxygen atoms in total. The van der Waals surface area contributed by atoms with Crippen LogP contribution in [0.3, 0.4) is 0 Å². The van der Waals surface area contributed by atoms with E-state index in [4.69, 9.17) is 0 Å². The maximum absolute atomic E-state index is 14.3. The van der Waals surface area contributed by atoms with Crippen LogP contribution in [-0.4, -0.2) is 10.0 Å². The molecule has 1 aliphatic heterocycles. The molecular weight excluding hydrogens is 372 g/mol. The second kappa shape index (κ2) is 6.48. The first-order chi connectivity index (χ1) is 12.5. The van der Waals surface area contributed by atoms with Crippen molar-refractivity contribution in [1.29, 1.82) is 0 Å². The Hall–Kier alpha value is -2.25. The highest BCUT2D eigenvalue weighted by Gasteiger charge is 2.44. The molecule has 0 amide bonds. The second-order valence-electron chi connectivity index (χ2n) is 6.06. The van der Waals surface area contributed by atoms with Crippen molar-refractivity contribution in [2.75, 3.05) is 5.01 Å². The van der Waals surface area contributed by atoms with Gasteiger partial charge in [0.15, 0.2) is 0 Å². The van der Waals surface area contributed by atoms with Crippen molar-refractivity contribution in [2.45, 2.75) is 18.7 Å². The number of halogens is 2. The lowest BCUT2D eigenvalue weighted by atomic mass is 10.1. The largest absolute Gasteiger partial charge is 0.224 e. The molecule has 0 radical (unpaired) electrons. The fourth-order valence-electron chi connectivity index (χ4n) is 2.80. The van der Waals surface area contributed by atoms with E-state index in [0.29, 0.717) is 10.2 Å². The zero-order chi connectivity index (χ0) is 18.3. The second-order valence-corrected chi connectivity index (χ2v) is 8.29. The Labute approximate surface area is 158 Å². The van der Waals surface area contributed by atoms with E-state index in [-0.39, 0.29) is 5.56 Å². The number of anilines is 1. The first-order valence-corrected chi connectivity index (χ1v) is 9.68. The number of hydrogen-bond donors (Lipinski definition) is 0. The molecule has 7 heteroatoms. The lowest BCUT2D eigenvalue weighted by Gasteiger charge is -2.31. The lowest BCUT2D eigenvalue weighted by molar-refractivity contribution is 0.598. The molecule has 1 unspecified atom stereocenters. The highest BCUT2D eigenvalue weighted by atomic mass is 32.2. The molecular formula is C19H15F2N3S2. The molecule has 0 spiro atoms. The van der Waals surface area contributed by atoms with Crippen molar-refractivity contribution in [3.05, 3.63) is 82.4 Å². The van der Waals surface area contributed by atoms with Gasteiger partial charge in [-0.1, -0.05) is 42.1 Å². The molecule has 1 aromatic heterocycles. The first kappa shape index (κ1) is 17.2. The van der Waals surface area contributed by atoms with Crippen LogP contribution in [0.15, 0.2) is 59.0 Å². The summed E-state index contributed by atoms with van der Waals surface area (Å²) in [5, 5.41) is 9.52. The third-order valence-electron chi connectivity index (χ3n) is 4.15. The number of aryl methyl sites for hydroxylation is 1. The zero-order valence-electron chi connectivity index (χ0n) is 14.1. The zero-order valence-corrected chi connectivity index (χ0v) is 15.7. The number of hydrazone groups is 1. The summed E-state index contributed by atoms with van der Waals surface area (Å²) in [4.78, 5) is 3.93. The molecule has 0 saturated heterocycles. The normalized spacial score (nSPS) is 19.7. The Morgan fingerprint density at radius 1 is 1.08 bits per heavy atom. The Kier molecular flexibility index (Phi) is 4.28. The fourth-order valence-corrected chi connectivity index (χ4v) is 4.94. The Morgan fingerprint density at radius 3 is 2.54 bits per heavy atom. The summed E-state index contributed by atoms with van der Waals surface area (Å²) in [5.41, 5.74) is 2.06. The monoisotopic (exact) mass is 387 g/mol. The number of thioether (sulfide) groups is 1. The molecule has 0 fully saturated rings. The SMILES string of the molecule is Cc1csc(N2N=C(c3cc(F)ccc3F)SC2(C)c2ccccc2)n1. The van der Waals surface area contributed by atoms with Crippen LogP contribution in [0.25, 0.3) is 0 Å². The topological polar surface area (TPSA) is 28.5 Å². The van der Waals surface area contributed by atoms with Gasteiger partial charge < -0.3 is 0 Å². The van der Waals surface area contributed by atoms with E-state index in [2.05, 4.69) is 10.1 Å². The molecule has 0 bridgehead atoms. The van der Waals surface area contributed by atoms with Crippen LogP contribution in [0.5, 0.6) is 0 Å². The van der Waals surface area contributed by atoms with Crippen molar-refractivity contribution >= 4 is 33.3 Å². The summed E-state index contributed by atoms with van der Waals surface area (Å²) >= 11 is 2.87. The molecule has 26 heavy (non-hydrogen) atoms. The summed E-state index contributed by atoms with van der Waals surface area (Å²) in [6.07, 6.45) is 0. The van der Waals surface area contributed by atoms with Crippen LogP contribution in [0, 0.1) is 18.6 Å². The van der Waals surface area contributed by atoms with Crippen LogP contribution in [0.4, 0.5) is 13.9 Å². The van der Waals surface area contributed by atoms with Crippen LogP contribution in [0.2, 0.25) is 0 Å². The Bertz CT molecular complexity index is 987. The van der Waals surface area contributed by atoms with Gasteiger partial charge in [-0.2, -0.15) is 5.10 Å². The molecule has 3 aromatic rings. The number of thiazole rings is 1. The van der Waals surface area contributed by atoms with E-state index in [1.165, 1.54) is 29.2 Å². The highest BCUT2D eigenvalue weighted by Crippen LogP contribution is 2.49. The lowest BCUT2D eigenvalue weighted by Crippen LogP contribution is -2.34. The Balaban J connectivity index is 1.85. The minimum atomic E-state index is -0.611. The van der Waals surface area contributed by atoms with Gasteiger partial charge in [-0.3, -0.25) is 0 Å². The molecule has 1 atom stereocenters. The van der Waals surface area contributed by atoms with E-state index in [1.807, 2.05) is 49.6 Å². The molecule has 0 saturated carbocycles. The summed E-state index contributed by atoms with van der Waals surface area (Å²) in [6, 6.07) is 13.3. The number of nitrogens with zero attached hydrogens (tertiary/aromatic N) is 3. The van der Waals surface area contributed by atoms with Crippen molar-refractivity contribution in [3.8, 4) is 0 Å². The first-order valence-electron chi connectivity index (χ1n) is 7.98. The van der Waals surface area contributed by atoms with Crippen molar-refractivity contribution in [3.63, 3.8) is 0 Å². The van der Waals surface area contributed by atoms with E-state index < -0.39 is 16.5 Å². The number of rotatable bonds is 3. The van der Waals surface area contributed by atoms with Gasteiger partial charge in [-0.05, 0) is 37.6 Å². The highest BCUT2D eigenvalue weighted by molar-refractivity contribution is 8.15. The van der Waals surface area contributed by atoms with Crippen molar-refractivity contribution in [2.24, 2.45) is 5.10 Å². The summed E-state index contributed by atoms with van der Waals surface area (Å²) in [6.45, 7) is 3.93. The van der Waals surface area contributed by atoms with Crippen LogP contribution in [0.1, 0.15) is 23.7 Å². The van der Waals surface area contributed by atoms with Gasteiger partial charge in [0.2, 0.25) is 5.13 Å². The van der Waals surface area contributed by atoms with Gasteiger partial charge in [0.25, 0.3) is 0 Å². The van der Waals surface area contributed by atoms with Crippen LogP contribution >= 0.6 is 23.1 Å². The van der Waals surface area contributed by atoms with Gasteiger partial charge in [-0.25, -0.2) is 18.8 Å². The minimum absolute atomic E-state index is 0.160. The van der Waals surface area contributed by atoms with Gasteiger partial charge in [0, 0.05) is 10.9 Å². The van der Waals surface area contributed by atoms with Crippen molar-refractivity contribution < 1.29 is 8.78 Å². The standard InChI is InChI=1S/C19H15F2N3S2/c1-12-11-25-18(22-12)24-19(2,13-6-4-3-5-7-13)26-17(23-24)15-10-14(20)8-9-16(15)21/h3-11H,1-2H3. The molecule has 1 aliphatic rings. The molecule has 0 N–H and O–H groups in total. The molecule has 0 aliphatic carbocycles. The summed E-state index contributed by atoms with van der Waals surface area (Å²) < 4.78 is 28.0. The number of hydrogen-bond acceptors (Lipinski definition) is 5. The average Bonchev–Trinajstić information content (AvgIpc) is 3.22. The van der Waals surface area contributed by atoms with E-state index in [0.717, 1.165) is 23.4 Å². The third-order valence-corrected chi connectivity index (χ3v) is 6.38. The predicted octanol–water partition coefficient (Wildman–Crippen LogP) is 5.52. The maximum Gasteiger partial charge on any atom is 0.207 e. The predicted molar refractivity (Wildman–Crippen MR) is 104 cm³/mol. The van der Waals surface area contributed by atoms with E-state index in [1.54, 1.807) is 5.01 Å². The molecule has 2 aromatic carbocycles. The molecule has 4 rings (SSSR count). The van der Waals surface area contributed by atoms with Gasteiger partial charge in [0.1, 0.15) is 21.5 Å². The average molecular weight is 387 g/mol. The number of benzene rings is 2. The number of aromatic nitrogens is 1. The van der Waals surface area contributed by atoms with Crippen LogP contribution in [-0.2, 0) is 4.87 Å². The molecule has 2 heterocycles. The molecule has 132 valence electrons. The smallest absolute Gasteiger partial charge is 0.207 e. The van der Waals surface area contributed by atoms with E-state index in [9.17, 15) is 8.78 Å². The quantitative estimate of drug-likeness (QED) is 0.593. The maximum atomic E-state index is 14.3. The Morgan fingerprint density at radius 2 is 1.85 bits per heavy atom. The van der Waals surface area contributed by atoms with E-state index >= 15 is 0 Å². The van der Waals surface area contributed by atoms with Gasteiger partial charge in [0.05, 0.1) is 5.69 Å². The van der Waals surface area contributed by atoms with Crippen molar-refractivity contribution in [1.82, 2.24) is 4.98 Å². The summed E-state index contributed by atoms with van der Waals surface area (Å²) in [7, 11) is 0. The fraction of sp³-hybridized carbons (Fsp3) is 0.158.